The summed E-state index contributed by atoms with van der Waals surface area (Å²) < 4.78 is 3.69. The zero-order chi connectivity index (χ0) is 17.5. The van der Waals surface area contributed by atoms with Gasteiger partial charge in [-0.05, 0) is 18.6 Å². The van der Waals surface area contributed by atoms with Crippen LogP contribution in [-0.4, -0.2) is 65.6 Å². The van der Waals surface area contributed by atoms with Crippen LogP contribution < -0.4 is 9.80 Å². The molecule has 0 bridgehead atoms. The van der Waals surface area contributed by atoms with Crippen molar-refractivity contribution >= 4 is 22.9 Å². The Kier molecular flexibility index (Phi) is 3.40. The van der Waals surface area contributed by atoms with E-state index in [2.05, 4.69) is 53.3 Å². The Hall–Kier alpha value is -3.30. The van der Waals surface area contributed by atoms with E-state index >= 15 is 0 Å². The zero-order valence-electron chi connectivity index (χ0n) is 14.4. The molecule has 10 heteroatoms. The van der Waals surface area contributed by atoms with Gasteiger partial charge in [-0.25, -0.2) is 4.98 Å². The first-order chi connectivity index (χ1) is 12.8. The maximum atomic E-state index is 4.53. The maximum Gasteiger partial charge on any atom is 0.256 e. The monoisotopic (exact) mass is 350 g/mol. The highest BCUT2D eigenvalue weighted by Gasteiger charge is 2.22. The molecule has 0 aliphatic carbocycles. The van der Waals surface area contributed by atoms with E-state index in [1.165, 1.54) is 0 Å². The third-order valence-electron chi connectivity index (χ3n) is 4.80. The van der Waals surface area contributed by atoms with Crippen molar-refractivity contribution in [3.63, 3.8) is 0 Å². The molecule has 4 aromatic heterocycles. The summed E-state index contributed by atoms with van der Waals surface area (Å²) in [6.45, 7) is 5.67. The van der Waals surface area contributed by atoms with E-state index in [0.717, 1.165) is 55.4 Å². The summed E-state index contributed by atoms with van der Waals surface area (Å²) in [7, 11) is 0. The summed E-state index contributed by atoms with van der Waals surface area (Å²) in [6.07, 6.45) is 6.03. The van der Waals surface area contributed by atoms with E-state index in [1.54, 1.807) is 23.4 Å². The molecule has 1 aliphatic rings. The largest absolute Gasteiger partial charge is 0.365 e. The van der Waals surface area contributed by atoms with Crippen molar-refractivity contribution < 1.29 is 0 Å². The van der Waals surface area contributed by atoms with Gasteiger partial charge >= 0.3 is 0 Å². The fourth-order valence-electron chi connectivity index (χ4n) is 3.43. The molecule has 0 radical (unpaired) electrons. The molecule has 5 heterocycles. The zero-order valence-corrected chi connectivity index (χ0v) is 14.4. The third kappa shape index (κ3) is 2.33. The molecule has 0 spiro atoms. The Morgan fingerprint density at radius 2 is 1.81 bits per heavy atom. The molecule has 5 rings (SSSR count). The lowest BCUT2D eigenvalue weighted by atomic mass is 10.2. The Morgan fingerprint density at radius 3 is 2.65 bits per heavy atom. The van der Waals surface area contributed by atoms with Gasteiger partial charge in [-0.2, -0.15) is 9.61 Å². The van der Waals surface area contributed by atoms with Crippen molar-refractivity contribution in [2.24, 2.45) is 0 Å². The minimum Gasteiger partial charge on any atom is -0.365 e. The van der Waals surface area contributed by atoms with Gasteiger partial charge in [-0.1, -0.05) is 6.92 Å². The van der Waals surface area contributed by atoms with Crippen LogP contribution in [0.4, 0.5) is 11.5 Å². The second-order valence-corrected chi connectivity index (χ2v) is 6.25. The van der Waals surface area contributed by atoms with Gasteiger partial charge in [0, 0.05) is 32.4 Å². The number of rotatable bonds is 3. The predicted octanol–water partition coefficient (Wildman–Crippen LogP) is 0.451. The highest BCUT2D eigenvalue weighted by molar-refractivity contribution is 5.69. The van der Waals surface area contributed by atoms with Crippen molar-refractivity contribution in [3.8, 4) is 0 Å². The van der Waals surface area contributed by atoms with E-state index < -0.39 is 0 Å². The number of hydrogen-bond donors (Lipinski definition) is 0. The van der Waals surface area contributed by atoms with Gasteiger partial charge in [0.05, 0.1) is 11.4 Å². The number of fused-ring (bicyclic) bond motifs is 2. The first kappa shape index (κ1) is 15.0. The van der Waals surface area contributed by atoms with Gasteiger partial charge in [0.25, 0.3) is 5.78 Å². The second kappa shape index (κ2) is 5.90. The van der Waals surface area contributed by atoms with Gasteiger partial charge in [-0.15, -0.1) is 20.4 Å². The Morgan fingerprint density at radius 1 is 1.00 bits per heavy atom. The van der Waals surface area contributed by atoms with E-state index in [4.69, 9.17) is 0 Å². The molecule has 132 valence electrons. The van der Waals surface area contributed by atoms with E-state index in [1.807, 2.05) is 10.5 Å². The molecule has 1 saturated heterocycles. The van der Waals surface area contributed by atoms with E-state index in [-0.39, 0.29) is 0 Å². The van der Waals surface area contributed by atoms with Crippen molar-refractivity contribution in [2.75, 3.05) is 36.0 Å². The SMILES string of the molecule is CCc1cc(N2CCN(c3ccnc4nncn34)CC2)c2nncn2n1. The van der Waals surface area contributed by atoms with Crippen molar-refractivity contribution in [1.29, 1.82) is 0 Å². The lowest BCUT2D eigenvalue weighted by Crippen LogP contribution is -2.47. The van der Waals surface area contributed by atoms with Crippen LogP contribution in [0.15, 0.2) is 31.0 Å². The molecule has 0 amide bonds. The first-order valence-corrected chi connectivity index (χ1v) is 8.68. The number of anilines is 2. The molecule has 0 atom stereocenters. The molecule has 26 heavy (non-hydrogen) atoms. The lowest BCUT2D eigenvalue weighted by molar-refractivity contribution is 0.642. The summed E-state index contributed by atoms with van der Waals surface area (Å²) >= 11 is 0. The Labute approximate surface area is 149 Å². The standard InChI is InChI=1S/C16H18N10/c1-2-12-9-13(15-20-19-11-26(15)22-12)23-5-7-24(8-6-23)14-3-4-17-16-21-18-10-25(14)16/h3-4,9-11H,2,5-8H2,1H3. The molecule has 0 saturated carbocycles. The van der Waals surface area contributed by atoms with E-state index in [9.17, 15) is 0 Å². The minimum atomic E-state index is 0.622. The Balaban J connectivity index is 1.42. The molecule has 0 unspecified atom stereocenters. The molecule has 1 fully saturated rings. The fraction of sp³-hybridized carbons (Fsp3) is 0.375. The van der Waals surface area contributed by atoms with Crippen LogP contribution in [0.2, 0.25) is 0 Å². The van der Waals surface area contributed by atoms with Crippen LogP contribution in [-0.2, 0) is 6.42 Å². The molecular weight excluding hydrogens is 332 g/mol. The highest BCUT2D eigenvalue weighted by atomic mass is 15.4. The predicted molar refractivity (Wildman–Crippen MR) is 95.4 cm³/mol. The summed E-state index contributed by atoms with van der Waals surface area (Å²) in [5, 5.41) is 20.8. The van der Waals surface area contributed by atoms with Crippen LogP contribution in [0.3, 0.4) is 0 Å². The molecule has 10 nitrogen and oxygen atoms in total. The van der Waals surface area contributed by atoms with Crippen molar-refractivity contribution in [1.82, 2.24) is 39.4 Å². The van der Waals surface area contributed by atoms with Crippen LogP contribution >= 0.6 is 0 Å². The number of nitrogens with zero attached hydrogens (tertiary/aromatic N) is 10. The summed E-state index contributed by atoms with van der Waals surface area (Å²) in [5.41, 5.74) is 2.94. The summed E-state index contributed by atoms with van der Waals surface area (Å²) in [6, 6.07) is 4.13. The second-order valence-electron chi connectivity index (χ2n) is 6.25. The molecule has 0 N–H and O–H groups in total. The number of piperazine rings is 1. The van der Waals surface area contributed by atoms with Crippen LogP contribution in [0.1, 0.15) is 12.6 Å². The number of aryl methyl sites for hydroxylation is 1. The fourth-order valence-corrected chi connectivity index (χ4v) is 3.43. The van der Waals surface area contributed by atoms with Crippen molar-refractivity contribution in [2.45, 2.75) is 13.3 Å². The Bertz CT molecular complexity index is 1060. The minimum absolute atomic E-state index is 0.622. The van der Waals surface area contributed by atoms with Gasteiger partial charge in [-0.3, -0.25) is 4.40 Å². The molecular formula is C16H18N10. The van der Waals surface area contributed by atoms with Crippen LogP contribution in [0.25, 0.3) is 11.4 Å². The number of aromatic nitrogens is 8. The van der Waals surface area contributed by atoms with Gasteiger partial charge in [0.15, 0.2) is 0 Å². The molecule has 4 aromatic rings. The average Bonchev–Trinajstić information content (AvgIpc) is 3.36. The van der Waals surface area contributed by atoms with Crippen LogP contribution in [0, 0.1) is 0 Å². The van der Waals surface area contributed by atoms with Crippen molar-refractivity contribution in [3.05, 3.63) is 36.7 Å². The van der Waals surface area contributed by atoms with Gasteiger partial charge < -0.3 is 9.80 Å². The smallest absolute Gasteiger partial charge is 0.256 e. The number of hydrogen-bond acceptors (Lipinski definition) is 8. The maximum absolute atomic E-state index is 4.53. The third-order valence-corrected chi connectivity index (χ3v) is 4.80. The average molecular weight is 350 g/mol. The normalized spacial score (nSPS) is 15.3. The van der Waals surface area contributed by atoms with E-state index in [0.29, 0.717) is 5.78 Å². The van der Waals surface area contributed by atoms with Gasteiger partial charge in [0.2, 0.25) is 5.65 Å². The molecule has 0 aromatic carbocycles. The quantitative estimate of drug-likeness (QED) is 0.526. The molecule has 1 aliphatic heterocycles. The lowest BCUT2D eigenvalue weighted by Gasteiger charge is -2.37. The topological polar surface area (TPSA) is 92.6 Å². The first-order valence-electron chi connectivity index (χ1n) is 8.68. The van der Waals surface area contributed by atoms with Crippen LogP contribution in [0.5, 0.6) is 0 Å². The highest BCUT2D eigenvalue weighted by Crippen LogP contribution is 2.24. The summed E-state index contributed by atoms with van der Waals surface area (Å²) in [5.74, 6) is 1.69. The van der Waals surface area contributed by atoms with Gasteiger partial charge in [0.1, 0.15) is 18.5 Å². The summed E-state index contributed by atoms with van der Waals surface area (Å²) in [4.78, 5) is 8.92.